The Morgan fingerprint density at radius 2 is 1.93 bits per heavy atom. The maximum atomic E-state index is 13.2. The molecule has 1 aromatic heterocycles. The molecular formula is C10H12F3N. The van der Waals surface area contributed by atoms with Crippen molar-refractivity contribution in [3.8, 4) is 0 Å². The second-order valence-electron chi connectivity index (χ2n) is 3.64. The monoisotopic (exact) mass is 203 g/mol. The van der Waals surface area contributed by atoms with Crippen LogP contribution in [-0.2, 0) is 5.92 Å². The molecule has 1 nitrogen and oxygen atoms in total. The topological polar surface area (TPSA) is 12.9 Å². The van der Waals surface area contributed by atoms with Crippen molar-refractivity contribution in [3.63, 3.8) is 0 Å². The first kappa shape index (κ1) is 11.0. The fourth-order valence-corrected chi connectivity index (χ4v) is 1.09. The molecule has 0 aliphatic rings. The van der Waals surface area contributed by atoms with Gasteiger partial charge in [0.1, 0.15) is 5.69 Å². The summed E-state index contributed by atoms with van der Waals surface area (Å²) in [5.74, 6) is -4.08. The highest BCUT2D eigenvalue weighted by Gasteiger charge is 2.30. The molecule has 0 fully saturated rings. The normalized spacial score (nSPS) is 12.2. The molecule has 0 aromatic carbocycles. The van der Waals surface area contributed by atoms with Gasteiger partial charge in [-0.3, -0.25) is 4.98 Å². The number of rotatable bonds is 2. The summed E-state index contributed by atoms with van der Waals surface area (Å²) < 4.78 is 38.7. The van der Waals surface area contributed by atoms with Gasteiger partial charge in [-0.2, -0.15) is 8.78 Å². The van der Waals surface area contributed by atoms with E-state index in [1.807, 2.05) is 13.8 Å². The highest BCUT2D eigenvalue weighted by molar-refractivity contribution is 5.21. The van der Waals surface area contributed by atoms with E-state index >= 15 is 0 Å². The fourth-order valence-electron chi connectivity index (χ4n) is 1.09. The lowest BCUT2D eigenvalue weighted by Gasteiger charge is -2.12. The van der Waals surface area contributed by atoms with Gasteiger partial charge in [0.05, 0.1) is 0 Å². The Hall–Kier alpha value is -1.06. The van der Waals surface area contributed by atoms with Crippen LogP contribution in [0.4, 0.5) is 13.2 Å². The second-order valence-corrected chi connectivity index (χ2v) is 3.64. The minimum absolute atomic E-state index is 0.0801. The van der Waals surface area contributed by atoms with Crippen LogP contribution in [0.15, 0.2) is 12.3 Å². The number of aromatic nitrogens is 1. The first-order chi connectivity index (χ1) is 6.32. The first-order valence-electron chi connectivity index (χ1n) is 4.36. The molecule has 4 heteroatoms. The number of hydrogen-bond donors (Lipinski definition) is 0. The third kappa shape index (κ3) is 2.25. The van der Waals surface area contributed by atoms with Gasteiger partial charge in [0.25, 0.3) is 5.92 Å². The SMILES string of the molecule is CC(C)c1cnc(C(C)(F)F)c(F)c1. The lowest BCUT2D eigenvalue weighted by atomic mass is 10.0. The van der Waals surface area contributed by atoms with Crippen molar-refractivity contribution in [2.45, 2.75) is 32.6 Å². The molecule has 0 amide bonds. The smallest absolute Gasteiger partial charge is 0.252 e. The van der Waals surface area contributed by atoms with Crippen molar-refractivity contribution in [2.24, 2.45) is 0 Å². The van der Waals surface area contributed by atoms with Crippen LogP contribution >= 0.6 is 0 Å². The van der Waals surface area contributed by atoms with E-state index in [2.05, 4.69) is 4.98 Å². The largest absolute Gasteiger partial charge is 0.289 e. The fraction of sp³-hybridized carbons (Fsp3) is 0.500. The van der Waals surface area contributed by atoms with E-state index in [-0.39, 0.29) is 5.92 Å². The molecule has 78 valence electrons. The van der Waals surface area contributed by atoms with Gasteiger partial charge in [-0.25, -0.2) is 4.39 Å². The average molecular weight is 203 g/mol. The summed E-state index contributed by atoms with van der Waals surface area (Å²) in [5, 5.41) is 0. The third-order valence-corrected chi connectivity index (χ3v) is 1.94. The number of nitrogens with zero attached hydrogens (tertiary/aromatic N) is 1. The van der Waals surface area contributed by atoms with Crippen LogP contribution in [0.1, 0.15) is 37.9 Å². The Bertz CT molecular complexity index is 329. The van der Waals surface area contributed by atoms with Crippen molar-refractivity contribution in [1.82, 2.24) is 4.98 Å². The summed E-state index contributed by atoms with van der Waals surface area (Å²) in [4.78, 5) is 3.45. The van der Waals surface area contributed by atoms with E-state index in [0.717, 1.165) is 6.07 Å². The minimum Gasteiger partial charge on any atom is -0.252 e. The average Bonchev–Trinajstić information content (AvgIpc) is 2.01. The molecule has 1 heterocycles. The van der Waals surface area contributed by atoms with E-state index in [4.69, 9.17) is 0 Å². The summed E-state index contributed by atoms with van der Waals surface area (Å²) in [6.07, 6.45) is 1.29. The predicted octanol–water partition coefficient (Wildman–Crippen LogP) is 3.46. The maximum absolute atomic E-state index is 13.2. The van der Waals surface area contributed by atoms with Gasteiger partial charge >= 0.3 is 0 Å². The summed E-state index contributed by atoms with van der Waals surface area (Å²) in [6.45, 7) is 4.33. The summed E-state index contributed by atoms with van der Waals surface area (Å²) in [7, 11) is 0. The lowest BCUT2D eigenvalue weighted by molar-refractivity contribution is 0.00871. The Morgan fingerprint density at radius 1 is 1.36 bits per heavy atom. The Labute approximate surface area is 81.0 Å². The van der Waals surface area contributed by atoms with Gasteiger partial charge in [-0.1, -0.05) is 13.8 Å². The standard InChI is InChI=1S/C10H12F3N/c1-6(2)7-4-8(11)9(14-5-7)10(3,12)13/h4-6H,1-3H3. The van der Waals surface area contributed by atoms with Crippen molar-refractivity contribution >= 4 is 0 Å². The Balaban J connectivity index is 3.15. The number of pyridine rings is 1. The highest BCUT2D eigenvalue weighted by Crippen LogP contribution is 2.28. The third-order valence-electron chi connectivity index (χ3n) is 1.94. The molecule has 0 saturated carbocycles. The zero-order valence-corrected chi connectivity index (χ0v) is 8.31. The van der Waals surface area contributed by atoms with Crippen LogP contribution in [0.25, 0.3) is 0 Å². The van der Waals surface area contributed by atoms with E-state index in [1.165, 1.54) is 6.20 Å². The van der Waals surface area contributed by atoms with Crippen LogP contribution in [0.3, 0.4) is 0 Å². The van der Waals surface area contributed by atoms with Crippen LogP contribution in [0.2, 0.25) is 0 Å². The van der Waals surface area contributed by atoms with Gasteiger partial charge in [-0.15, -0.1) is 0 Å². The Kier molecular flexibility index (Phi) is 2.83. The molecular weight excluding hydrogens is 191 g/mol. The highest BCUT2D eigenvalue weighted by atomic mass is 19.3. The van der Waals surface area contributed by atoms with E-state index < -0.39 is 17.4 Å². The minimum atomic E-state index is -3.22. The molecule has 0 spiro atoms. The van der Waals surface area contributed by atoms with E-state index in [9.17, 15) is 13.2 Å². The summed E-state index contributed by atoms with van der Waals surface area (Å²) >= 11 is 0. The summed E-state index contributed by atoms with van der Waals surface area (Å²) in [6, 6.07) is 1.12. The number of alkyl halides is 2. The van der Waals surface area contributed by atoms with Crippen molar-refractivity contribution < 1.29 is 13.2 Å². The molecule has 1 aromatic rings. The molecule has 0 bridgehead atoms. The van der Waals surface area contributed by atoms with Gasteiger partial charge in [0.15, 0.2) is 5.82 Å². The van der Waals surface area contributed by atoms with E-state index in [0.29, 0.717) is 12.5 Å². The Morgan fingerprint density at radius 3 is 2.29 bits per heavy atom. The van der Waals surface area contributed by atoms with E-state index in [1.54, 1.807) is 0 Å². The molecule has 0 radical (unpaired) electrons. The molecule has 0 atom stereocenters. The molecule has 0 aliphatic carbocycles. The number of hydrogen-bond acceptors (Lipinski definition) is 1. The molecule has 0 unspecified atom stereocenters. The van der Waals surface area contributed by atoms with Crippen LogP contribution in [-0.4, -0.2) is 4.98 Å². The van der Waals surface area contributed by atoms with Crippen molar-refractivity contribution in [1.29, 1.82) is 0 Å². The summed E-state index contributed by atoms with van der Waals surface area (Å²) in [5.41, 5.74) is -0.169. The quantitative estimate of drug-likeness (QED) is 0.717. The van der Waals surface area contributed by atoms with Crippen LogP contribution < -0.4 is 0 Å². The maximum Gasteiger partial charge on any atom is 0.289 e. The van der Waals surface area contributed by atoms with Crippen molar-refractivity contribution in [3.05, 3.63) is 29.3 Å². The van der Waals surface area contributed by atoms with Crippen molar-refractivity contribution in [2.75, 3.05) is 0 Å². The van der Waals surface area contributed by atoms with Gasteiger partial charge in [0, 0.05) is 13.1 Å². The zero-order chi connectivity index (χ0) is 10.9. The van der Waals surface area contributed by atoms with Gasteiger partial charge in [0.2, 0.25) is 0 Å². The molecule has 1 rings (SSSR count). The lowest BCUT2D eigenvalue weighted by Crippen LogP contribution is -2.13. The second kappa shape index (κ2) is 3.59. The van der Waals surface area contributed by atoms with Crippen LogP contribution in [0, 0.1) is 5.82 Å². The molecule has 0 N–H and O–H groups in total. The molecule has 14 heavy (non-hydrogen) atoms. The molecule has 0 saturated heterocycles. The van der Waals surface area contributed by atoms with Crippen LogP contribution in [0.5, 0.6) is 0 Å². The van der Waals surface area contributed by atoms with Gasteiger partial charge < -0.3 is 0 Å². The van der Waals surface area contributed by atoms with Gasteiger partial charge in [-0.05, 0) is 17.5 Å². The first-order valence-corrected chi connectivity index (χ1v) is 4.36. The zero-order valence-electron chi connectivity index (χ0n) is 8.31. The number of halogens is 3. The predicted molar refractivity (Wildman–Crippen MR) is 47.9 cm³/mol. The molecule has 0 aliphatic heterocycles.